The van der Waals surface area contributed by atoms with Crippen LogP contribution in [0.4, 0.5) is 22.2 Å². The normalized spacial score (nSPS) is 13.7. The number of nitrogens with one attached hydrogen (secondary N) is 1. The van der Waals surface area contributed by atoms with Gasteiger partial charge in [0.05, 0.1) is 5.69 Å². The number of aromatic nitrogens is 4. The van der Waals surface area contributed by atoms with Gasteiger partial charge in [0.25, 0.3) is 5.88 Å². The molecule has 2 amide bonds. The molecule has 1 aromatic carbocycles. The molecule has 4 rings (SSSR count). The number of hydrogen-bond acceptors (Lipinski definition) is 8. The maximum absolute atomic E-state index is 12.6. The molecule has 0 bridgehead atoms. The summed E-state index contributed by atoms with van der Waals surface area (Å²) in [4.78, 5) is 33.1. The molecular weight excluding hydrogens is 455 g/mol. The Kier molecular flexibility index (Phi) is 6.72. The molecule has 12 heteroatoms. The van der Waals surface area contributed by atoms with Crippen LogP contribution in [0.1, 0.15) is 5.69 Å². The Morgan fingerprint density at radius 3 is 2.47 bits per heavy atom. The topological polar surface area (TPSA) is 122 Å². The van der Waals surface area contributed by atoms with E-state index in [0.717, 1.165) is 0 Å². The molecule has 0 saturated carbocycles. The van der Waals surface area contributed by atoms with Crippen LogP contribution in [-0.4, -0.2) is 57.0 Å². The van der Waals surface area contributed by atoms with Crippen LogP contribution in [0, 0.1) is 0 Å². The van der Waals surface area contributed by atoms with Crippen molar-refractivity contribution in [1.82, 2.24) is 24.8 Å². The van der Waals surface area contributed by atoms with E-state index >= 15 is 0 Å². The van der Waals surface area contributed by atoms with Crippen LogP contribution in [0.15, 0.2) is 42.9 Å². The van der Waals surface area contributed by atoms with E-state index in [-0.39, 0.29) is 18.6 Å². The molecule has 166 valence electrons. The fourth-order valence-electron chi connectivity index (χ4n) is 3.22. The van der Waals surface area contributed by atoms with Gasteiger partial charge in [-0.25, -0.2) is 24.7 Å². The van der Waals surface area contributed by atoms with Gasteiger partial charge in [-0.2, -0.15) is 0 Å². The highest BCUT2D eigenvalue weighted by Gasteiger charge is 2.24. The van der Waals surface area contributed by atoms with E-state index in [1.54, 1.807) is 47.8 Å². The Morgan fingerprint density at radius 1 is 1.03 bits per heavy atom. The number of nitrogens with two attached hydrogens (primary N) is 1. The molecule has 0 spiro atoms. The summed E-state index contributed by atoms with van der Waals surface area (Å²) < 4.78 is 5.83. The first-order valence-electron chi connectivity index (χ1n) is 9.76. The van der Waals surface area contributed by atoms with E-state index in [1.165, 1.54) is 0 Å². The van der Waals surface area contributed by atoms with Gasteiger partial charge in [0.1, 0.15) is 6.61 Å². The van der Waals surface area contributed by atoms with E-state index < -0.39 is 0 Å². The third kappa shape index (κ3) is 5.45. The lowest BCUT2D eigenvalue weighted by molar-refractivity contribution is 0.207. The lowest BCUT2D eigenvalue weighted by Gasteiger charge is -2.35. The summed E-state index contributed by atoms with van der Waals surface area (Å²) in [5.74, 6) is 1.17. The second-order valence-corrected chi connectivity index (χ2v) is 7.82. The number of anilines is 3. The molecule has 1 saturated heterocycles. The predicted molar refractivity (Wildman–Crippen MR) is 122 cm³/mol. The number of hydrogen-bond donors (Lipinski definition) is 2. The van der Waals surface area contributed by atoms with Gasteiger partial charge in [-0.1, -0.05) is 23.2 Å². The van der Waals surface area contributed by atoms with Gasteiger partial charge in [-0.3, -0.25) is 0 Å². The zero-order valence-electron chi connectivity index (χ0n) is 16.9. The summed E-state index contributed by atoms with van der Waals surface area (Å²) in [5, 5.41) is 3.74. The molecule has 1 aliphatic heterocycles. The van der Waals surface area contributed by atoms with E-state index in [0.29, 0.717) is 59.3 Å². The van der Waals surface area contributed by atoms with Crippen LogP contribution in [0.3, 0.4) is 0 Å². The Bertz CT molecular complexity index is 1090. The number of halogens is 2. The number of rotatable bonds is 5. The molecule has 0 aliphatic carbocycles. The van der Waals surface area contributed by atoms with Crippen molar-refractivity contribution in [1.29, 1.82) is 0 Å². The highest BCUT2D eigenvalue weighted by Crippen LogP contribution is 2.25. The number of nitrogen functional groups attached to an aromatic ring is 1. The van der Waals surface area contributed by atoms with Crippen molar-refractivity contribution in [3.63, 3.8) is 0 Å². The van der Waals surface area contributed by atoms with E-state index in [4.69, 9.17) is 33.7 Å². The van der Waals surface area contributed by atoms with E-state index in [9.17, 15) is 4.79 Å². The maximum atomic E-state index is 12.6. The Hall–Kier alpha value is -3.37. The number of carbonyl (C=O) groups excluding carboxylic acids is 1. The highest BCUT2D eigenvalue weighted by molar-refractivity contribution is 6.35. The van der Waals surface area contributed by atoms with Crippen molar-refractivity contribution in [2.24, 2.45) is 0 Å². The van der Waals surface area contributed by atoms with Crippen LogP contribution in [0.2, 0.25) is 10.0 Å². The minimum atomic E-state index is -0.222. The third-order valence-corrected chi connectivity index (χ3v) is 5.15. The summed E-state index contributed by atoms with van der Waals surface area (Å²) in [6.07, 6.45) is 4.74. The molecule has 3 aromatic rings. The smallest absolute Gasteiger partial charge is 0.321 e. The van der Waals surface area contributed by atoms with Crippen molar-refractivity contribution >= 4 is 46.7 Å². The van der Waals surface area contributed by atoms with Gasteiger partial charge in [0.2, 0.25) is 5.95 Å². The van der Waals surface area contributed by atoms with Crippen molar-refractivity contribution in [2.45, 2.75) is 6.61 Å². The average Bonchev–Trinajstić information content (AvgIpc) is 2.77. The zero-order valence-corrected chi connectivity index (χ0v) is 18.4. The van der Waals surface area contributed by atoms with E-state index in [2.05, 4.69) is 25.3 Å². The molecule has 32 heavy (non-hydrogen) atoms. The number of nitrogens with zero attached hydrogens (tertiary/aromatic N) is 6. The number of carbonyl (C=O) groups is 1. The standard InChI is InChI=1S/C20H20Cl2N8O2/c21-13-9-14(22)11-16(10-13)28-20(31)30-7-5-29(6-8-30)17-18(25-4-3-24-17)32-12-15-1-2-26-19(23)27-15/h1-4,9-11H,5-8,12H2,(H,28,31)(H2,23,26,27). The first-order valence-corrected chi connectivity index (χ1v) is 10.5. The summed E-state index contributed by atoms with van der Waals surface area (Å²) in [5.41, 5.74) is 6.79. The quantitative estimate of drug-likeness (QED) is 0.578. The third-order valence-electron chi connectivity index (χ3n) is 4.72. The molecule has 0 atom stereocenters. The Labute approximate surface area is 194 Å². The van der Waals surface area contributed by atoms with Gasteiger partial charge in [0, 0.05) is 60.5 Å². The zero-order chi connectivity index (χ0) is 22.5. The van der Waals surface area contributed by atoms with Gasteiger partial charge in [-0.15, -0.1) is 0 Å². The largest absolute Gasteiger partial charge is 0.469 e. The van der Waals surface area contributed by atoms with Crippen LogP contribution in [-0.2, 0) is 6.61 Å². The summed E-state index contributed by atoms with van der Waals surface area (Å²) in [6, 6.07) is 6.40. The summed E-state index contributed by atoms with van der Waals surface area (Å²) in [7, 11) is 0. The second kappa shape index (κ2) is 9.84. The minimum absolute atomic E-state index is 0.180. The van der Waals surface area contributed by atoms with Crippen molar-refractivity contribution in [3.05, 3.63) is 58.6 Å². The fourth-order valence-corrected chi connectivity index (χ4v) is 3.75. The monoisotopic (exact) mass is 474 g/mol. The molecule has 1 fully saturated rings. The number of ether oxygens (including phenoxy) is 1. The van der Waals surface area contributed by atoms with E-state index in [1.807, 2.05) is 4.90 Å². The highest BCUT2D eigenvalue weighted by atomic mass is 35.5. The summed E-state index contributed by atoms with van der Waals surface area (Å²) >= 11 is 12.0. The summed E-state index contributed by atoms with van der Waals surface area (Å²) in [6.45, 7) is 2.32. The maximum Gasteiger partial charge on any atom is 0.321 e. The molecule has 1 aliphatic rings. The predicted octanol–water partition coefficient (Wildman–Crippen LogP) is 3.09. The van der Waals surface area contributed by atoms with Crippen LogP contribution >= 0.6 is 23.2 Å². The number of piperazine rings is 1. The molecular formula is C20H20Cl2N8O2. The number of urea groups is 1. The number of amides is 2. The molecule has 0 unspecified atom stereocenters. The van der Waals surface area contributed by atoms with Crippen molar-refractivity contribution in [3.8, 4) is 5.88 Å². The first-order chi connectivity index (χ1) is 15.5. The molecule has 3 N–H and O–H groups in total. The van der Waals surface area contributed by atoms with Crippen molar-refractivity contribution in [2.75, 3.05) is 42.1 Å². The Balaban J connectivity index is 1.36. The van der Waals surface area contributed by atoms with Crippen LogP contribution < -0.4 is 20.7 Å². The van der Waals surface area contributed by atoms with Gasteiger partial charge < -0.3 is 25.6 Å². The molecule has 3 heterocycles. The molecule has 2 aromatic heterocycles. The SMILES string of the molecule is Nc1nccc(COc2nccnc2N2CCN(C(=O)Nc3cc(Cl)cc(Cl)c3)CC2)n1. The lowest BCUT2D eigenvalue weighted by Crippen LogP contribution is -2.50. The second-order valence-electron chi connectivity index (χ2n) is 6.94. The fraction of sp³-hybridized carbons (Fsp3) is 0.250. The van der Waals surface area contributed by atoms with Gasteiger partial charge in [-0.05, 0) is 24.3 Å². The lowest BCUT2D eigenvalue weighted by atomic mass is 10.3. The first kappa shape index (κ1) is 21.8. The number of benzene rings is 1. The van der Waals surface area contributed by atoms with Crippen molar-refractivity contribution < 1.29 is 9.53 Å². The Morgan fingerprint density at radius 2 is 1.75 bits per heavy atom. The molecule has 10 nitrogen and oxygen atoms in total. The van der Waals surface area contributed by atoms with Crippen LogP contribution in [0.5, 0.6) is 5.88 Å². The average molecular weight is 475 g/mol. The van der Waals surface area contributed by atoms with Crippen LogP contribution in [0.25, 0.3) is 0 Å². The molecule has 0 radical (unpaired) electrons. The van der Waals surface area contributed by atoms with Gasteiger partial charge in [0.15, 0.2) is 5.82 Å². The minimum Gasteiger partial charge on any atom is -0.469 e. The van der Waals surface area contributed by atoms with Gasteiger partial charge >= 0.3 is 6.03 Å².